The Kier molecular flexibility index (Phi) is 8.55. The fraction of sp³-hybridized carbons (Fsp3) is 0.0492. The Morgan fingerprint density at radius 3 is 1.70 bits per heavy atom. The number of furan rings is 1. The molecule has 0 spiro atoms. The third-order valence-electron chi connectivity index (χ3n) is 13.2. The average molecular weight is 806 g/mol. The van der Waals surface area contributed by atoms with Crippen molar-refractivity contribution in [2.24, 2.45) is 0 Å². The van der Waals surface area contributed by atoms with Crippen molar-refractivity contribution in [1.29, 1.82) is 0 Å². The molecule has 0 saturated heterocycles. The zero-order chi connectivity index (χ0) is 42.1. The molecule has 63 heavy (non-hydrogen) atoms. The molecule has 2 heteroatoms. The lowest BCUT2D eigenvalue weighted by Crippen LogP contribution is -2.16. The monoisotopic (exact) mass is 805 g/mol. The molecule has 0 atom stereocenters. The van der Waals surface area contributed by atoms with Crippen LogP contribution in [0.1, 0.15) is 25.0 Å². The number of rotatable bonds is 7. The van der Waals surface area contributed by atoms with Crippen LogP contribution in [0.3, 0.4) is 0 Å². The molecule has 10 aromatic carbocycles. The molecule has 1 heterocycles. The van der Waals surface area contributed by atoms with E-state index in [4.69, 9.17) is 4.42 Å². The van der Waals surface area contributed by atoms with Crippen LogP contribution in [-0.4, -0.2) is 0 Å². The molecule has 0 radical (unpaired) electrons. The molecule has 0 unspecified atom stereocenters. The van der Waals surface area contributed by atoms with Gasteiger partial charge >= 0.3 is 0 Å². The van der Waals surface area contributed by atoms with Crippen LogP contribution in [0.25, 0.3) is 88.3 Å². The van der Waals surface area contributed by atoms with E-state index in [1.807, 2.05) is 0 Å². The molecule has 0 fully saturated rings. The second kappa shape index (κ2) is 14.6. The van der Waals surface area contributed by atoms with Crippen LogP contribution < -0.4 is 4.90 Å². The van der Waals surface area contributed by atoms with E-state index in [1.54, 1.807) is 0 Å². The summed E-state index contributed by atoms with van der Waals surface area (Å²) in [6.45, 7) is 4.74. The van der Waals surface area contributed by atoms with Crippen molar-refractivity contribution >= 4 is 49.8 Å². The van der Waals surface area contributed by atoms with Gasteiger partial charge in [-0.3, -0.25) is 0 Å². The summed E-state index contributed by atoms with van der Waals surface area (Å²) in [5.41, 5.74) is 19.4. The first-order chi connectivity index (χ1) is 31.0. The van der Waals surface area contributed by atoms with Crippen molar-refractivity contribution in [2.75, 3.05) is 4.90 Å². The van der Waals surface area contributed by atoms with Gasteiger partial charge in [-0.15, -0.1) is 0 Å². The number of anilines is 3. The minimum atomic E-state index is -0.218. The molecule has 2 nitrogen and oxygen atoms in total. The van der Waals surface area contributed by atoms with Gasteiger partial charge in [0, 0.05) is 27.7 Å². The molecule has 298 valence electrons. The molecule has 1 aromatic heterocycles. The number of hydrogen-bond donors (Lipinski definition) is 0. The van der Waals surface area contributed by atoms with Gasteiger partial charge in [0.15, 0.2) is 0 Å². The molecule has 0 amide bonds. The van der Waals surface area contributed by atoms with Crippen LogP contribution in [0.15, 0.2) is 229 Å². The largest absolute Gasteiger partial charge is 0.455 e. The van der Waals surface area contributed by atoms with E-state index < -0.39 is 0 Å². The summed E-state index contributed by atoms with van der Waals surface area (Å²) in [6, 6.07) is 81.6. The highest BCUT2D eigenvalue weighted by atomic mass is 16.3. The van der Waals surface area contributed by atoms with Crippen LogP contribution >= 0.6 is 0 Å². The molecule has 1 aliphatic carbocycles. The quantitative estimate of drug-likeness (QED) is 0.160. The first-order valence-electron chi connectivity index (χ1n) is 21.8. The molecule has 0 bridgehead atoms. The second-order valence-corrected chi connectivity index (χ2v) is 17.3. The zero-order valence-electron chi connectivity index (χ0n) is 35.2. The van der Waals surface area contributed by atoms with Gasteiger partial charge in [-0.1, -0.05) is 190 Å². The maximum absolute atomic E-state index is 7.01. The summed E-state index contributed by atoms with van der Waals surface area (Å²) in [6.07, 6.45) is 0. The van der Waals surface area contributed by atoms with Gasteiger partial charge in [0.2, 0.25) is 0 Å². The molecule has 0 aliphatic heterocycles. The van der Waals surface area contributed by atoms with E-state index in [1.165, 1.54) is 55.3 Å². The first-order valence-corrected chi connectivity index (χ1v) is 21.8. The lowest BCUT2D eigenvalue weighted by molar-refractivity contribution is 0.660. The average Bonchev–Trinajstić information content (AvgIpc) is 3.84. The Morgan fingerprint density at radius 1 is 0.365 bits per heavy atom. The van der Waals surface area contributed by atoms with Gasteiger partial charge < -0.3 is 9.32 Å². The molecule has 11 aromatic rings. The summed E-state index contributed by atoms with van der Waals surface area (Å²) in [5, 5.41) is 4.58. The van der Waals surface area contributed by atoms with Crippen LogP contribution in [0, 0.1) is 0 Å². The van der Waals surface area contributed by atoms with E-state index in [-0.39, 0.29) is 5.41 Å². The number of hydrogen-bond acceptors (Lipinski definition) is 2. The maximum Gasteiger partial charge on any atom is 0.143 e. The van der Waals surface area contributed by atoms with E-state index in [0.717, 1.165) is 61.3 Å². The standard InChI is InChI=1S/C61H43NO/c1-61(2)55-34-31-44(40-17-6-3-7-18-40)38-54(55)51-33-32-47(39-56(51)61)62(48-36-45(41-19-8-4-9-20-41)35-46(37-48)42-21-10-5-11-22-42)57-29-16-30-58-59(57)53-28-15-27-52(60(53)63-58)50-26-14-24-43-23-12-13-25-49(43)50/h3-39H,1-2H3. The van der Waals surface area contributed by atoms with Gasteiger partial charge in [-0.2, -0.15) is 0 Å². The normalized spacial score (nSPS) is 12.7. The molecule has 12 rings (SSSR count). The third-order valence-corrected chi connectivity index (χ3v) is 13.2. The number of para-hydroxylation sites is 1. The predicted molar refractivity (Wildman–Crippen MR) is 265 cm³/mol. The lowest BCUT2D eigenvalue weighted by atomic mass is 9.82. The summed E-state index contributed by atoms with van der Waals surface area (Å²) >= 11 is 0. The fourth-order valence-corrected chi connectivity index (χ4v) is 10.1. The van der Waals surface area contributed by atoms with Gasteiger partial charge in [-0.05, 0) is 121 Å². The Morgan fingerprint density at radius 2 is 0.968 bits per heavy atom. The van der Waals surface area contributed by atoms with Crippen LogP contribution in [0.5, 0.6) is 0 Å². The molecule has 1 aliphatic rings. The third kappa shape index (κ3) is 6.09. The molecular formula is C61H43NO. The van der Waals surface area contributed by atoms with Crippen LogP contribution in [-0.2, 0) is 5.41 Å². The minimum absolute atomic E-state index is 0.218. The summed E-state index contributed by atoms with van der Waals surface area (Å²) in [7, 11) is 0. The Balaban J connectivity index is 1.11. The van der Waals surface area contributed by atoms with Crippen molar-refractivity contribution in [1.82, 2.24) is 0 Å². The molecule has 0 saturated carbocycles. The van der Waals surface area contributed by atoms with Crippen molar-refractivity contribution in [2.45, 2.75) is 19.3 Å². The fourth-order valence-electron chi connectivity index (χ4n) is 10.1. The van der Waals surface area contributed by atoms with Gasteiger partial charge in [-0.25, -0.2) is 0 Å². The van der Waals surface area contributed by atoms with E-state index in [0.29, 0.717) is 0 Å². The highest BCUT2D eigenvalue weighted by molar-refractivity contribution is 6.17. The van der Waals surface area contributed by atoms with Gasteiger partial charge in [0.1, 0.15) is 11.2 Å². The van der Waals surface area contributed by atoms with Crippen LogP contribution in [0.2, 0.25) is 0 Å². The molecule has 0 N–H and O–H groups in total. The Hall–Kier alpha value is -7.94. The smallest absolute Gasteiger partial charge is 0.143 e. The predicted octanol–water partition coefficient (Wildman–Crippen LogP) is 17.2. The number of benzene rings is 10. The Labute approximate surface area is 368 Å². The zero-order valence-corrected chi connectivity index (χ0v) is 35.2. The number of fused-ring (bicyclic) bond motifs is 7. The first kappa shape index (κ1) is 36.9. The summed E-state index contributed by atoms with van der Waals surface area (Å²) < 4.78 is 7.01. The molecular weight excluding hydrogens is 763 g/mol. The highest BCUT2D eigenvalue weighted by Gasteiger charge is 2.36. The van der Waals surface area contributed by atoms with Gasteiger partial charge in [0.25, 0.3) is 0 Å². The van der Waals surface area contributed by atoms with Crippen molar-refractivity contribution < 1.29 is 4.42 Å². The summed E-state index contributed by atoms with van der Waals surface area (Å²) in [4.78, 5) is 2.47. The number of nitrogens with zero attached hydrogens (tertiary/aromatic N) is 1. The van der Waals surface area contributed by atoms with Gasteiger partial charge in [0.05, 0.1) is 11.1 Å². The SMILES string of the molecule is CC1(C)c2ccc(-c3ccccc3)cc2-c2ccc(N(c3cc(-c4ccccc4)cc(-c4ccccc4)c3)c3cccc4oc5c(-c6cccc7ccccc67)cccc5c34)cc21. The van der Waals surface area contributed by atoms with Crippen molar-refractivity contribution in [3.8, 4) is 55.6 Å². The highest BCUT2D eigenvalue weighted by Crippen LogP contribution is 2.53. The van der Waals surface area contributed by atoms with E-state index in [9.17, 15) is 0 Å². The Bertz CT molecular complexity index is 3460. The van der Waals surface area contributed by atoms with E-state index in [2.05, 4.69) is 243 Å². The minimum Gasteiger partial charge on any atom is -0.455 e. The lowest BCUT2D eigenvalue weighted by Gasteiger charge is -2.29. The van der Waals surface area contributed by atoms with Crippen molar-refractivity contribution in [3.05, 3.63) is 236 Å². The maximum atomic E-state index is 7.01. The topological polar surface area (TPSA) is 16.4 Å². The van der Waals surface area contributed by atoms with E-state index >= 15 is 0 Å². The summed E-state index contributed by atoms with van der Waals surface area (Å²) in [5.74, 6) is 0. The van der Waals surface area contributed by atoms with Crippen molar-refractivity contribution in [3.63, 3.8) is 0 Å². The second-order valence-electron chi connectivity index (χ2n) is 17.3. The van der Waals surface area contributed by atoms with Crippen LogP contribution in [0.4, 0.5) is 17.1 Å².